The fraction of sp³-hybridized carbons (Fsp3) is 0.486. The van der Waals surface area contributed by atoms with E-state index in [0.29, 0.717) is 31.8 Å². The van der Waals surface area contributed by atoms with Gasteiger partial charge in [0.05, 0.1) is 0 Å². The third-order valence-corrected chi connectivity index (χ3v) is 11.4. The number of benzene rings is 2. The second-order valence-corrected chi connectivity index (χ2v) is 13.9. The number of carbonyl (C=O) groups is 2. The van der Waals surface area contributed by atoms with Crippen molar-refractivity contribution in [2.24, 2.45) is 5.73 Å². The molecule has 5 N–H and O–H groups in total. The molecule has 256 valence electrons. The topological polar surface area (TPSA) is 112 Å². The number of hydrogen-bond donors (Lipinski definition) is 4. The molecule has 0 bridgehead atoms. The van der Waals surface area contributed by atoms with E-state index in [0.717, 1.165) is 96.9 Å². The number of hydrogen-bond acceptors (Lipinski definition) is 7. The van der Waals surface area contributed by atoms with E-state index >= 15 is 0 Å². The van der Waals surface area contributed by atoms with Crippen LogP contribution in [-0.4, -0.2) is 120 Å². The molecule has 47 heavy (non-hydrogen) atoms. The van der Waals surface area contributed by atoms with E-state index in [1.54, 1.807) is 11.1 Å². The Hall–Kier alpha value is -1.55. The summed E-state index contributed by atoms with van der Waals surface area (Å²) in [6.45, 7) is 14.7. The maximum atomic E-state index is 13.2. The van der Waals surface area contributed by atoms with E-state index in [1.165, 1.54) is 5.56 Å². The first-order chi connectivity index (χ1) is 22.8. The number of unbranched alkanes of at least 4 members (excludes halogenated alkanes) is 2. The minimum atomic E-state index is -0.469. The second kappa shape index (κ2) is 26.3. The van der Waals surface area contributed by atoms with Crippen LogP contribution in [0.2, 0.25) is 0 Å². The van der Waals surface area contributed by atoms with E-state index < -0.39 is 6.04 Å². The third-order valence-electron chi connectivity index (χ3n) is 7.33. The van der Waals surface area contributed by atoms with Gasteiger partial charge >= 0.3 is 188 Å². The first kappa shape index (κ1) is 43.5. The summed E-state index contributed by atoms with van der Waals surface area (Å²) in [5.74, 6) is 0.819. The van der Waals surface area contributed by atoms with Crippen molar-refractivity contribution >= 4 is 72.6 Å². The summed E-state index contributed by atoms with van der Waals surface area (Å²) in [4.78, 5) is 30.2. The van der Waals surface area contributed by atoms with Crippen LogP contribution < -0.4 is 26.4 Å². The van der Waals surface area contributed by atoms with Crippen molar-refractivity contribution in [1.29, 1.82) is 0 Å². The van der Waals surface area contributed by atoms with Gasteiger partial charge in [-0.2, -0.15) is 0 Å². The number of rotatable bonds is 18. The monoisotopic (exact) mass is 1050 g/mol. The summed E-state index contributed by atoms with van der Waals surface area (Å²) in [6, 6.07) is 17.8. The Bertz CT molecular complexity index is 1170. The number of likely N-dealkylation sites (tertiary alicyclic amines) is 1. The number of nitrogens with one attached hydrogen (secondary N) is 3. The van der Waals surface area contributed by atoms with Crippen LogP contribution in [0.5, 0.6) is 5.75 Å². The van der Waals surface area contributed by atoms with E-state index in [4.69, 9.17) is 10.5 Å². The van der Waals surface area contributed by atoms with Crippen LogP contribution in [0.15, 0.2) is 79.7 Å². The number of nitrogens with two attached hydrogens (primary N) is 1. The summed E-state index contributed by atoms with van der Waals surface area (Å²) >= 11 is 2.05. The van der Waals surface area contributed by atoms with Gasteiger partial charge in [0, 0.05) is 12.3 Å². The fourth-order valence-electron chi connectivity index (χ4n) is 4.78. The van der Waals surface area contributed by atoms with Gasteiger partial charge in [0.1, 0.15) is 5.75 Å². The number of carbonyl (C=O) groups excluding carboxylic acids is 2. The number of amides is 2. The van der Waals surface area contributed by atoms with Gasteiger partial charge in [0.2, 0.25) is 0 Å². The summed E-state index contributed by atoms with van der Waals surface area (Å²) < 4.78 is 7.83. The molecule has 9 nitrogen and oxygen atoms in total. The quantitative estimate of drug-likeness (QED) is 0.0780. The van der Waals surface area contributed by atoms with E-state index in [2.05, 4.69) is 62.3 Å². The van der Waals surface area contributed by atoms with Crippen molar-refractivity contribution in [3.05, 3.63) is 90.8 Å². The Labute approximate surface area is 317 Å². The van der Waals surface area contributed by atoms with Gasteiger partial charge in [0.25, 0.3) is 0 Å². The van der Waals surface area contributed by atoms with Crippen molar-refractivity contribution in [3.63, 3.8) is 0 Å². The fourth-order valence-corrected chi connectivity index (χ4v) is 10.2. The average Bonchev–Trinajstić information content (AvgIpc) is 3.56. The molecular weight excluding hydrogens is 998 g/mol. The molecule has 2 aromatic carbocycles. The summed E-state index contributed by atoms with van der Waals surface area (Å²) in [6.07, 6.45) is 5.42. The van der Waals surface area contributed by atoms with Gasteiger partial charge < -0.3 is 5.32 Å². The molecule has 1 aliphatic heterocycles. The molecule has 1 heterocycles. The van der Waals surface area contributed by atoms with Crippen molar-refractivity contribution in [1.82, 2.24) is 25.8 Å². The Morgan fingerprint density at radius 1 is 1.11 bits per heavy atom. The van der Waals surface area contributed by atoms with Crippen molar-refractivity contribution in [3.8, 4) is 5.75 Å². The van der Waals surface area contributed by atoms with Crippen molar-refractivity contribution in [2.75, 3.05) is 34.4 Å². The summed E-state index contributed by atoms with van der Waals surface area (Å²) in [7, 11) is 2.84. The Kier molecular flexibility index (Phi) is 24.4. The molecule has 4 atom stereocenters. The van der Waals surface area contributed by atoms with Gasteiger partial charge in [-0.25, -0.2) is 0 Å². The van der Waals surface area contributed by atoms with Gasteiger partial charge in [-0.15, -0.1) is 22.4 Å². The SMILES string of the molecule is C=C.CC.CCCCCNC(=O)C1CC(N/C=C(\N)COc2ccc(C(P)NCc3ccccc3)cc2)CN1C(=O)CN([CH2][Pb])[CH2][Pb]. The molecule has 4 unspecified atom stereocenters. The van der Waals surface area contributed by atoms with E-state index in [9.17, 15) is 9.59 Å². The molecule has 1 aliphatic rings. The molecule has 6 radical (unpaired) electrons. The molecule has 0 spiro atoms. The van der Waals surface area contributed by atoms with Crippen LogP contribution >= 0.6 is 9.24 Å². The van der Waals surface area contributed by atoms with Crippen LogP contribution in [0.4, 0.5) is 0 Å². The predicted molar refractivity (Wildman–Crippen MR) is 200 cm³/mol. The normalized spacial score (nSPS) is 16.3. The van der Waals surface area contributed by atoms with Crippen molar-refractivity contribution in [2.45, 2.75) is 70.9 Å². The molecule has 0 aliphatic carbocycles. The summed E-state index contributed by atoms with van der Waals surface area (Å²) in [5.41, 5.74) is 9.19. The van der Waals surface area contributed by atoms with Crippen LogP contribution in [0.1, 0.15) is 63.4 Å². The zero-order valence-electron chi connectivity index (χ0n) is 28.5. The Morgan fingerprint density at radius 2 is 1.77 bits per heavy atom. The van der Waals surface area contributed by atoms with Gasteiger partial charge in [-0.05, 0) is 23.3 Å². The molecule has 1 fully saturated rings. The zero-order valence-corrected chi connectivity index (χ0v) is 37.4. The van der Waals surface area contributed by atoms with Crippen molar-refractivity contribution < 1.29 is 14.3 Å². The molecule has 0 aromatic heterocycles. The number of ether oxygens (including phenoxy) is 1. The minimum absolute atomic E-state index is 0.0245. The Balaban J connectivity index is 0.00000265. The summed E-state index contributed by atoms with van der Waals surface area (Å²) in [5, 5.41) is 9.91. The zero-order chi connectivity index (χ0) is 35.0. The standard InChI is InChI=1S/C31H45N6O3P.C2H6.C2H4.2Pb/c1-4-5-9-16-33-30(39)28-17-26(20-37(28)29(38)21-36(2)3)34-19-25(32)22-40-27-14-12-24(13-15-27)31(41)35-18-23-10-7-6-8-11-23;2*1-2;;/h6-8,10-15,19,26,28,31,34-35H,2-5,9,16-18,20-22,32,41H2,1H3,(H,33,39);1-2H3;1-2H2;;/b25-19-;;;;. The molecule has 3 rings (SSSR count). The molecule has 0 saturated carbocycles. The van der Waals surface area contributed by atoms with Gasteiger partial charge in [0.15, 0.2) is 0 Å². The van der Waals surface area contributed by atoms with E-state index in [1.807, 2.05) is 56.3 Å². The first-order valence-corrected chi connectivity index (χ1v) is 22.6. The Morgan fingerprint density at radius 3 is 2.38 bits per heavy atom. The van der Waals surface area contributed by atoms with Gasteiger partial charge in [-0.1, -0.05) is 63.2 Å². The molecule has 2 aromatic rings. The van der Waals surface area contributed by atoms with Crippen LogP contribution in [-0.2, 0) is 16.1 Å². The maximum absolute atomic E-state index is 13.2. The molecule has 12 heteroatoms. The third kappa shape index (κ3) is 16.6. The van der Waals surface area contributed by atoms with Crippen LogP contribution in [0.25, 0.3) is 0 Å². The molecular formula is C35H55N6O3PPb2. The van der Waals surface area contributed by atoms with Gasteiger partial charge in [-0.3, -0.25) is 0 Å². The van der Waals surface area contributed by atoms with E-state index in [-0.39, 0.29) is 30.2 Å². The second-order valence-electron chi connectivity index (χ2n) is 10.7. The molecule has 1 saturated heterocycles. The van der Waals surface area contributed by atoms with Crippen LogP contribution in [0.3, 0.4) is 0 Å². The number of nitrogens with zero attached hydrogens (tertiary/aromatic N) is 2. The van der Waals surface area contributed by atoms with Crippen LogP contribution in [0, 0.1) is 0 Å². The first-order valence-electron chi connectivity index (χ1n) is 16.4. The average molecular weight is 1050 g/mol. The predicted octanol–water partition coefficient (Wildman–Crippen LogP) is 3.78. The molecule has 2 amide bonds.